The Hall–Kier alpha value is -1.93. The quantitative estimate of drug-likeness (QED) is 0.775. The van der Waals surface area contributed by atoms with Gasteiger partial charge in [-0.15, -0.1) is 0 Å². The number of benzene rings is 1. The molecule has 1 heterocycles. The molecular weight excluding hydrogens is 342 g/mol. The van der Waals surface area contributed by atoms with E-state index in [4.69, 9.17) is 5.26 Å². The van der Waals surface area contributed by atoms with Crippen molar-refractivity contribution < 1.29 is 4.79 Å². The SMILES string of the molecule is Cc1c2c(nn1-c1ccc(Br)c(C#N)c1)CC(C)(C)CC2=O. The van der Waals surface area contributed by atoms with Gasteiger partial charge in [-0.25, -0.2) is 4.68 Å². The number of hydrogen-bond acceptors (Lipinski definition) is 3. The first kappa shape index (κ1) is 15.0. The molecule has 1 aromatic heterocycles. The summed E-state index contributed by atoms with van der Waals surface area (Å²) >= 11 is 3.36. The van der Waals surface area contributed by atoms with E-state index in [9.17, 15) is 4.79 Å². The monoisotopic (exact) mass is 357 g/mol. The second-order valence-electron chi connectivity index (χ2n) is 6.54. The molecule has 2 aromatic rings. The number of ketones is 1. The molecule has 0 spiro atoms. The van der Waals surface area contributed by atoms with Gasteiger partial charge in [0.1, 0.15) is 6.07 Å². The predicted molar refractivity (Wildman–Crippen MR) is 87.1 cm³/mol. The molecule has 0 amide bonds. The maximum absolute atomic E-state index is 12.4. The highest BCUT2D eigenvalue weighted by atomic mass is 79.9. The summed E-state index contributed by atoms with van der Waals surface area (Å²) in [7, 11) is 0. The Morgan fingerprint density at radius 1 is 1.36 bits per heavy atom. The molecule has 3 rings (SSSR count). The van der Waals surface area contributed by atoms with Gasteiger partial charge in [0.15, 0.2) is 5.78 Å². The number of carbonyl (C=O) groups is 1. The molecule has 0 atom stereocenters. The van der Waals surface area contributed by atoms with Crippen LogP contribution < -0.4 is 0 Å². The van der Waals surface area contributed by atoms with Gasteiger partial charge in [0.05, 0.1) is 28.2 Å². The zero-order valence-electron chi connectivity index (χ0n) is 12.8. The van der Waals surface area contributed by atoms with Gasteiger partial charge < -0.3 is 0 Å². The lowest BCUT2D eigenvalue weighted by Crippen LogP contribution is -2.26. The van der Waals surface area contributed by atoms with Crippen molar-refractivity contribution in [3.05, 3.63) is 45.2 Å². The third-order valence-corrected chi connectivity index (χ3v) is 4.76. The molecular formula is C17H16BrN3O. The van der Waals surface area contributed by atoms with Gasteiger partial charge in [-0.3, -0.25) is 4.79 Å². The Balaban J connectivity index is 2.15. The molecule has 5 heteroatoms. The fraction of sp³-hybridized carbons (Fsp3) is 0.353. The third kappa shape index (κ3) is 2.38. The topological polar surface area (TPSA) is 58.7 Å². The van der Waals surface area contributed by atoms with Crippen LogP contribution in [0.25, 0.3) is 5.69 Å². The van der Waals surface area contributed by atoms with Gasteiger partial charge in [0.25, 0.3) is 0 Å². The highest BCUT2D eigenvalue weighted by Gasteiger charge is 2.35. The molecule has 0 unspecified atom stereocenters. The number of nitriles is 1. The molecule has 112 valence electrons. The number of Topliss-reactive ketones (excluding diaryl/α,β-unsaturated/α-hetero) is 1. The number of halogens is 1. The van der Waals surface area contributed by atoms with E-state index in [1.807, 2.05) is 19.1 Å². The van der Waals surface area contributed by atoms with Crippen molar-refractivity contribution >= 4 is 21.7 Å². The summed E-state index contributed by atoms with van der Waals surface area (Å²) in [5, 5.41) is 13.8. The van der Waals surface area contributed by atoms with Crippen LogP contribution >= 0.6 is 15.9 Å². The van der Waals surface area contributed by atoms with Crippen LogP contribution in [0, 0.1) is 23.7 Å². The number of carbonyl (C=O) groups excluding carboxylic acids is 1. The minimum Gasteiger partial charge on any atom is -0.294 e. The Morgan fingerprint density at radius 3 is 2.77 bits per heavy atom. The number of hydrogen-bond donors (Lipinski definition) is 0. The van der Waals surface area contributed by atoms with Gasteiger partial charge in [0, 0.05) is 10.9 Å². The second kappa shape index (κ2) is 5.06. The van der Waals surface area contributed by atoms with Crippen molar-refractivity contribution in [1.82, 2.24) is 9.78 Å². The van der Waals surface area contributed by atoms with Gasteiger partial charge in [-0.2, -0.15) is 10.4 Å². The van der Waals surface area contributed by atoms with E-state index in [1.165, 1.54) is 0 Å². The minimum atomic E-state index is -0.0484. The zero-order chi connectivity index (χ0) is 16.1. The molecule has 1 aliphatic carbocycles. The lowest BCUT2D eigenvalue weighted by molar-refractivity contribution is 0.0911. The highest BCUT2D eigenvalue weighted by Crippen LogP contribution is 2.36. The second-order valence-corrected chi connectivity index (χ2v) is 7.39. The normalized spacial score (nSPS) is 16.2. The van der Waals surface area contributed by atoms with Crippen LogP contribution in [0.4, 0.5) is 0 Å². The lowest BCUT2D eigenvalue weighted by atomic mass is 9.76. The van der Waals surface area contributed by atoms with Crippen molar-refractivity contribution in [3.8, 4) is 11.8 Å². The van der Waals surface area contributed by atoms with Crippen LogP contribution in [0.1, 0.15) is 47.6 Å². The highest BCUT2D eigenvalue weighted by molar-refractivity contribution is 9.10. The fourth-order valence-electron chi connectivity index (χ4n) is 3.07. The smallest absolute Gasteiger partial charge is 0.167 e. The first-order valence-corrected chi connectivity index (χ1v) is 7.93. The molecule has 0 radical (unpaired) electrons. The molecule has 0 fully saturated rings. The van der Waals surface area contributed by atoms with Crippen LogP contribution in [0.15, 0.2) is 22.7 Å². The molecule has 0 saturated carbocycles. The summed E-state index contributed by atoms with van der Waals surface area (Å²) in [6.07, 6.45) is 1.35. The molecule has 4 nitrogen and oxygen atoms in total. The Morgan fingerprint density at radius 2 is 2.09 bits per heavy atom. The Labute approximate surface area is 137 Å². The summed E-state index contributed by atoms with van der Waals surface area (Å²) in [6, 6.07) is 7.66. The van der Waals surface area contributed by atoms with E-state index >= 15 is 0 Å². The van der Waals surface area contributed by atoms with Crippen molar-refractivity contribution in [1.29, 1.82) is 5.26 Å². The standard InChI is InChI=1S/C17H16BrN3O/c1-10-16-14(7-17(2,3)8-15(16)22)20-21(10)12-4-5-13(18)11(6-12)9-19/h4-6H,7-8H2,1-3H3. The largest absolute Gasteiger partial charge is 0.294 e. The summed E-state index contributed by atoms with van der Waals surface area (Å²) in [5.74, 6) is 0.160. The van der Waals surface area contributed by atoms with Crippen molar-refractivity contribution in [2.75, 3.05) is 0 Å². The first-order chi connectivity index (χ1) is 10.3. The van der Waals surface area contributed by atoms with Crippen molar-refractivity contribution in [2.45, 2.75) is 33.6 Å². The van der Waals surface area contributed by atoms with Gasteiger partial charge >= 0.3 is 0 Å². The summed E-state index contributed by atoms with van der Waals surface area (Å²) in [5.41, 5.74) is 3.77. The average Bonchev–Trinajstić information content (AvgIpc) is 2.75. The number of rotatable bonds is 1. The van der Waals surface area contributed by atoms with Crippen LogP contribution in [0.3, 0.4) is 0 Å². The van der Waals surface area contributed by atoms with Crippen molar-refractivity contribution in [2.24, 2.45) is 5.41 Å². The van der Waals surface area contributed by atoms with E-state index in [0.29, 0.717) is 12.0 Å². The van der Waals surface area contributed by atoms with E-state index in [1.54, 1.807) is 10.7 Å². The maximum atomic E-state index is 12.4. The molecule has 0 bridgehead atoms. The Kier molecular flexibility index (Phi) is 3.45. The molecule has 1 aromatic carbocycles. The first-order valence-electron chi connectivity index (χ1n) is 7.14. The van der Waals surface area contributed by atoms with Crippen LogP contribution in [-0.4, -0.2) is 15.6 Å². The van der Waals surface area contributed by atoms with Crippen molar-refractivity contribution in [3.63, 3.8) is 0 Å². The third-order valence-electron chi connectivity index (χ3n) is 4.07. The van der Waals surface area contributed by atoms with Gasteiger partial charge in [-0.1, -0.05) is 13.8 Å². The summed E-state index contributed by atoms with van der Waals surface area (Å²) < 4.78 is 2.53. The number of nitrogens with zero attached hydrogens (tertiary/aromatic N) is 3. The number of aromatic nitrogens is 2. The van der Waals surface area contributed by atoms with Crippen LogP contribution in [0.2, 0.25) is 0 Å². The maximum Gasteiger partial charge on any atom is 0.167 e. The minimum absolute atomic E-state index is 0.0484. The number of fused-ring (bicyclic) bond motifs is 1. The molecule has 0 saturated heterocycles. The van der Waals surface area contributed by atoms with Gasteiger partial charge in [-0.05, 0) is 52.9 Å². The molecule has 1 aliphatic rings. The van der Waals surface area contributed by atoms with E-state index < -0.39 is 0 Å². The zero-order valence-corrected chi connectivity index (χ0v) is 14.4. The van der Waals surface area contributed by atoms with Crippen LogP contribution in [0.5, 0.6) is 0 Å². The lowest BCUT2D eigenvalue weighted by Gasteiger charge is -2.27. The van der Waals surface area contributed by atoms with E-state index in [0.717, 1.165) is 33.5 Å². The Bertz CT molecular complexity index is 827. The van der Waals surface area contributed by atoms with E-state index in [-0.39, 0.29) is 11.2 Å². The average molecular weight is 358 g/mol. The molecule has 22 heavy (non-hydrogen) atoms. The molecule has 0 aliphatic heterocycles. The predicted octanol–water partition coefficient (Wildman–Crippen LogP) is 3.97. The summed E-state index contributed by atoms with van der Waals surface area (Å²) in [4.78, 5) is 12.4. The molecule has 0 N–H and O–H groups in total. The van der Waals surface area contributed by atoms with Crippen LogP contribution in [-0.2, 0) is 6.42 Å². The summed E-state index contributed by atoms with van der Waals surface area (Å²) in [6.45, 7) is 6.10. The van der Waals surface area contributed by atoms with Gasteiger partial charge in [0.2, 0.25) is 0 Å². The van der Waals surface area contributed by atoms with E-state index in [2.05, 4.69) is 40.9 Å². The fourth-order valence-corrected chi connectivity index (χ4v) is 3.40.